The first-order chi connectivity index (χ1) is 25.3. The third kappa shape index (κ3) is 3.47. The molecule has 3 heteroatoms. The van der Waals surface area contributed by atoms with E-state index in [1.165, 1.54) is 64.9 Å². The van der Waals surface area contributed by atoms with Gasteiger partial charge in [0.1, 0.15) is 5.58 Å². The van der Waals surface area contributed by atoms with Gasteiger partial charge in [-0.1, -0.05) is 127 Å². The summed E-state index contributed by atoms with van der Waals surface area (Å²) < 4.78 is 11.9. The maximum absolute atomic E-state index is 6.99. The first-order valence-corrected chi connectivity index (χ1v) is 17.5. The van der Waals surface area contributed by atoms with Crippen molar-refractivity contribution in [2.75, 3.05) is 0 Å². The molecular formula is C48H28N2O. The summed E-state index contributed by atoms with van der Waals surface area (Å²) in [4.78, 5) is 0. The van der Waals surface area contributed by atoms with Crippen molar-refractivity contribution in [3.8, 4) is 11.4 Å². The van der Waals surface area contributed by atoms with Gasteiger partial charge in [-0.25, -0.2) is 0 Å². The molecule has 3 aromatic heterocycles. The number of rotatable bonds is 2. The second-order valence-corrected chi connectivity index (χ2v) is 13.6. The first-order valence-electron chi connectivity index (χ1n) is 17.5. The van der Waals surface area contributed by atoms with Crippen molar-refractivity contribution < 1.29 is 4.42 Å². The van der Waals surface area contributed by atoms with Gasteiger partial charge in [0.25, 0.3) is 0 Å². The maximum atomic E-state index is 6.99. The Labute approximate surface area is 291 Å². The molecule has 3 heterocycles. The van der Waals surface area contributed by atoms with Gasteiger partial charge >= 0.3 is 0 Å². The number of benzene rings is 9. The average molecular weight is 649 g/mol. The Balaban J connectivity index is 1.35. The number of aromatic nitrogens is 2. The molecule has 0 fully saturated rings. The highest BCUT2D eigenvalue weighted by Crippen LogP contribution is 2.49. The molecule has 12 aromatic rings. The Morgan fingerprint density at radius 3 is 1.43 bits per heavy atom. The molecular weight excluding hydrogens is 621 g/mol. The van der Waals surface area contributed by atoms with Crippen LogP contribution in [-0.4, -0.2) is 9.13 Å². The van der Waals surface area contributed by atoms with Gasteiger partial charge in [0, 0.05) is 38.3 Å². The van der Waals surface area contributed by atoms with Crippen molar-refractivity contribution in [2.45, 2.75) is 0 Å². The molecule has 0 unspecified atom stereocenters. The molecule has 0 atom stereocenters. The maximum Gasteiger partial charge on any atom is 0.162 e. The van der Waals surface area contributed by atoms with Crippen molar-refractivity contribution >= 4 is 97.9 Å². The third-order valence-corrected chi connectivity index (χ3v) is 11.0. The summed E-state index contributed by atoms with van der Waals surface area (Å²) in [6, 6.07) is 61.5. The standard InChI is InChI=1S/C48H28N2O/c1-2-14-29(15-3-1)49-40-23-11-9-21-37(40)44-43-36-20-8-12-24-41(36)50(46(43)45-38-22-10-13-25-42(38)51-48(45)47(44)49)30-26-27-35-33-18-5-4-16-31(33)32-17-6-7-19-34(32)39(35)28-30/h1-28H. The monoisotopic (exact) mass is 648 g/mol. The fraction of sp³-hybridized carbons (Fsp3) is 0. The van der Waals surface area contributed by atoms with Crippen LogP contribution in [0.4, 0.5) is 0 Å². The van der Waals surface area contributed by atoms with E-state index in [0.717, 1.165) is 44.3 Å². The van der Waals surface area contributed by atoms with Gasteiger partial charge < -0.3 is 13.6 Å². The Hall–Kier alpha value is -6.84. The zero-order valence-electron chi connectivity index (χ0n) is 27.5. The van der Waals surface area contributed by atoms with Gasteiger partial charge in [0.05, 0.1) is 27.5 Å². The minimum atomic E-state index is 0.888. The number of para-hydroxylation sites is 4. The molecule has 0 aliphatic rings. The fourth-order valence-electron chi connectivity index (χ4n) is 9.03. The van der Waals surface area contributed by atoms with Crippen molar-refractivity contribution in [1.82, 2.24) is 9.13 Å². The Morgan fingerprint density at radius 2 is 0.784 bits per heavy atom. The molecule has 0 aliphatic heterocycles. The molecule has 0 N–H and O–H groups in total. The molecule has 9 aromatic carbocycles. The molecule has 0 spiro atoms. The van der Waals surface area contributed by atoms with E-state index in [4.69, 9.17) is 4.42 Å². The van der Waals surface area contributed by atoms with E-state index >= 15 is 0 Å². The van der Waals surface area contributed by atoms with Crippen LogP contribution in [0.15, 0.2) is 174 Å². The Morgan fingerprint density at radius 1 is 0.314 bits per heavy atom. The number of fused-ring (bicyclic) bond motifs is 18. The minimum absolute atomic E-state index is 0.888. The summed E-state index contributed by atoms with van der Waals surface area (Å²) in [6.07, 6.45) is 0. The number of hydrogen-bond acceptors (Lipinski definition) is 1. The average Bonchev–Trinajstić information content (AvgIpc) is 3.86. The van der Waals surface area contributed by atoms with Crippen LogP contribution in [-0.2, 0) is 0 Å². The zero-order valence-corrected chi connectivity index (χ0v) is 27.5. The van der Waals surface area contributed by atoms with Gasteiger partial charge in [-0.2, -0.15) is 0 Å². The van der Waals surface area contributed by atoms with Crippen LogP contribution in [0.25, 0.3) is 109 Å². The zero-order chi connectivity index (χ0) is 33.2. The van der Waals surface area contributed by atoms with Crippen LogP contribution in [0.3, 0.4) is 0 Å². The second-order valence-electron chi connectivity index (χ2n) is 13.6. The van der Waals surface area contributed by atoms with Gasteiger partial charge in [0.15, 0.2) is 5.58 Å². The highest BCUT2D eigenvalue weighted by molar-refractivity contribution is 6.39. The molecule has 0 radical (unpaired) electrons. The molecule has 0 aliphatic carbocycles. The van der Waals surface area contributed by atoms with Crippen LogP contribution in [0.5, 0.6) is 0 Å². The van der Waals surface area contributed by atoms with E-state index in [9.17, 15) is 0 Å². The van der Waals surface area contributed by atoms with Gasteiger partial charge in [-0.05, 0) is 74.8 Å². The number of nitrogens with zero attached hydrogens (tertiary/aromatic N) is 2. The molecule has 3 nitrogen and oxygen atoms in total. The SMILES string of the molecule is c1ccc(-n2c3ccccc3c3c4c5ccccc5n(-c5ccc6c7ccccc7c7ccccc7c6c5)c4c4c5ccccc5oc4c32)cc1. The summed E-state index contributed by atoms with van der Waals surface area (Å²) >= 11 is 0. The summed E-state index contributed by atoms with van der Waals surface area (Å²) in [7, 11) is 0. The molecule has 12 rings (SSSR count). The van der Waals surface area contributed by atoms with E-state index in [-0.39, 0.29) is 0 Å². The quantitative estimate of drug-likeness (QED) is 0.171. The Kier molecular flexibility index (Phi) is 5.23. The smallest absolute Gasteiger partial charge is 0.162 e. The number of furan rings is 1. The lowest BCUT2D eigenvalue weighted by Gasteiger charge is -2.14. The predicted molar refractivity (Wildman–Crippen MR) is 215 cm³/mol. The van der Waals surface area contributed by atoms with Crippen molar-refractivity contribution in [3.63, 3.8) is 0 Å². The van der Waals surface area contributed by atoms with Crippen LogP contribution in [0.1, 0.15) is 0 Å². The van der Waals surface area contributed by atoms with Crippen molar-refractivity contribution in [3.05, 3.63) is 170 Å². The number of hydrogen-bond donors (Lipinski definition) is 0. The Bertz CT molecular complexity index is 3380. The van der Waals surface area contributed by atoms with E-state index in [2.05, 4.69) is 179 Å². The molecule has 236 valence electrons. The lowest BCUT2D eigenvalue weighted by molar-refractivity contribution is 0.671. The third-order valence-electron chi connectivity index (χ3n) is 11.0. The lowest BCUT2D eigenvalue weighted by atomic mass is 9.94. The molecule has 0 amide bonds. The normalized spacial score (nSPS) is 12.3. The van der Waals surface area contributed by atoms with Crippen LogP contribution in [0, 0.1) is 0 Å². The second kappa shape index (κ2) is 9.87. The largest absolute Gasteiger partial charge is 0.454 e. The summed E-state index contributed by atoms with van der Waals surface area (Å²) in [6.45, 7) is 0. The van der Waals surface area contributed by atoms with Crippen LogP contribution >= 0.6 is 0 Å². The summed E-state index contributed by atoms with van der Waals surface area (Å²) in [5.41, 5.74) is 8.64. The van der Waals surface area contributed by atoms with E-state index < -0.39 is 0 Å². The molecule has 51 heavy (non-hydrogen) atoms. The summed E-state index contributed by atoms with van der Waals surface area (Å²) in [5.74, 6) is 0. The van der Waals surface area contributed by atoms with Crippen molar-refractivity contribution in [2.24, 2.45) is 0 Å². The predicted octanol–water partition coefficient (Wildman–Crippen LogP) is 13.2. The molecule has 0 bridgehead atoms. The fourth-order valence-corrected chi connectivity index (χ4v) is 9.03. The highest BCUT2D eigenvalue weighted by atomic mass is 16.3. The van der Waals surface area contributed by atoms with E-state index in [1.807, 2.05) is 0 Å². The first kappa shape index (κ1) is 27.0. The van der Waals surface area contributed by atoms with Crippen LogP contribution < -0.4 is 0 Å². The minimum Gasteiger partial charge on any atom is -0.454 e. The highest BCUT2D eigenvalue weighted by Gasteiger charge is 2.27. The van der Waals surface area contributed by atoms with E-state index in [0.29, 0.717) is 0 Å². The van der Waals surface area contributed by atoms with Gasteiger partial charge in [-0.15, -0.1) is 0 Å². The lowest BCUT2D eigenvalue weighted by Crippen LogP contribution is -1.96. The summed E-state index contributed by atoms with van der Waals surface area (Å²) in [5, 5.41) is 14.8. The topological polar surface area (TPSA) is 23.0 Å². The van der Waals surface area contributed by atoms with E-state index in [1.54, 1.807) is 0 Å². The van der Waals surface area contributed by atoms with Gasteiger partial charge in [-0.3, -0.25) is 0 Å². The molecule has 0 saturated carbocycles. The molecule has 0 saturated heterocycles. The van der Waals surface area contributed by atoms with Crippen LogP contribution in [0.2, 0.25) is 0 Å². The van der Waals surface area contributed by atoms with Gasteiger partial charge in [0.2, 0.25) is 0 Å². The van der Waals surface area contributed by atoms with Crippen molar-refractivity contribution in [1.29, 1.82) is 0 Å².